The van der Waals surface area contributed by atoms with Gasteiger partial charge in [0.05, 0.1) is 27.2 Å². The summed E-state index contributed by atoms with van der Waals surface area (Å²) in [6.45, 7) is 1.93. The Bertz CT molecular complexity index is 1330. The Labute approximate surface area is 216 Å². The number of para-hydroxylation sites is 1. The number of nitrogens with one attached hydrogen (secondary N) is 1. The molecular weight excluding hydrogens is 507 g/mol. The van der Waals surface area contributed by atoms with Crippen molar-refractivity contribution in [1.82, 2.24) is 4.90 Å². The van der Waals surface area contributed by atoms with E-state index < -0.39 is 0 Å². The molecule has 178 valence electrons. The van der Waals surface area contributed by atoms with E-state index in [1.54, 1.807) is 48.5 Å². The van der Waals surface area contributed by atoms with Crippen molar-refractivity contribution in [2.45, 2.75) is 13.5 Å². The average molecular weight is 527 g/mol. The number of thioether (sulfide) groups is 1. The molecule has 0 unspecified atom stereocenters. The lowest BCUT2D eigenvalue weighted by atomic mass is 10.1. The van der Waals surface area contributed by atoms with Crippen LogP contribution in [0.1, 0.15) is 16.7 Å². The number of amides is 3. The highest BCUT2D eigenvalue weighted by atomic mass is 35.5. The van der Waals surface area contributed by atoms with Crippen LogP contribution in [0.3, 0.4) is 0 Å². The number of hydrogen-bond acceptors (Lipinski definition) is 5. The van der Waals surface area contributed by atoms with Crippen molar-refractivity contribution in [2.75, 3.05) is 11.9 Å². The van der Waals surface area contributed by atoms with Gasteiger partial charge >= 0.3 is 0 Å². The maximum atomic E-state index is 12.8. The molecule has 9 heteroatoms. The summed E-state index contributed by atoms with van der Waals surface area (Å²) in [5, 5.41) is 3.04. The summed E-state index contributed by atoms with van der Waals surface area (Å²) in [7, 11) is 0. The van der Waals surface area contributed by atoms with Crippen LogP contribution < -0.4 is 10.1 Å². The SMILES string of the molecule is Cc1ccc(CN2C(=O)S/C(=C\c3ccc(OCC(=O)Nc4ccccc4Cl)c(Cl)c3)C2=O)cc1. The zero-order valence-electron chi connectivity index (χ0n) is 18.6. The molecule has 1 aliphatic rings. The van der Waals surface area contributed by atoms with Crippen LogP contribution in [0.25, 0.3) is 6.08 Å². The third-order valence-corrected chi connectivity index (χ3v) is 6.63. The second-order valence-electron chi connectivity index (χ2n) is 7.76. The molecule has 3 amide bonds. The minimum Gasteiger partial charge on any atom is -0.482 e. The molecular formula is C26H20Cl2N2O4S. The van der Waals surface area contributed by atoms with Gasteiger partial charge in [0.1, 0.15) is 5.75 Å². The fourth-order valence-corrected chi connectivity index (χ4v) is 4.54. The van der Waals surface area contributed by atoms with E-state index in [0.717, 1.165) is 22.9 Å². The van der Waals surface area contributed by atoms with Gasteiger partial charge in [-0.1, -0.05) is 71.2 Å². The van der Waals surface area contributed by atoms with Crippen LogP contribution in [0.2, 0.25) is 10.0 Å². The van der Waals surface area contributed by atoms with E-state index in [2.05, 4.69) is 5.32 Å². The van der Waals surface area contributed by atoms with E-state index in [0.29, 0.717) is 26.9 Å². The highest BCUT2D eigenvalue weighted by molar-refractivity contribution is 8.18. The maximum Gasteiger partial charge on any atom is 0.293 e. The molecule has 0 aliphatic carbocycles. The third-order valence-electron chi connectivity index (χ3n) is 5.10. The average Bonchev–Trinajstić information content (AvgIpc) is 3.08. The molecule has 3 aromatic rings. The predicted molar refractivity (Wildman–Crippen MR) is 140 cm³/mol. The number of ether oxygens (including phenoxy) is 1. The smallest absolute Gasteiger partial charge is 0.293 e. The van der Waals surface area contributed by atoms with E-state index in [9.17, 15) is 14.4 Å². The Morgan fingerprint density at radius 2 is 1.77 bits per heavy atom. The number of rotatable bonds is 7. The number of nitrogens with zero attached hydrogens (tertiary/aromatic N) is 1. The van der Waals surface area contributed by atoms with Gasteiger partial charge in [-0.3, -0.25) is 19.3 Å². The maximum absolute atomic E-state index is 12.8. The first-order chi connectivity index (χ1) is 16.8. The van der Waals surface area contributed by atoms with E-state index in [1.165, 1.54) is 4.90 Å². The summed E-state index contributed by atoms with van der Waals surface area (Å²) in [4.78, 5) is 38.9. The Hall–Kier alpha value is -3.26. The van der Waals surface area contributed by atoms with Gasteiger partial charge in [0.2, 0.25) is 0 Å². The predicted octanol–water partition coefficient (Wildman–Crippen LogP) is 6.56. The number of carbonyl (C=O) groups is 3. The molecule has 0 spiro atoms. The molecule has 1 saturated heterocycles. The van der Waals surface area contributed by atoms with E-state index in [4.69, 9.17) is 27.9 Å². The van der Waals surface area contributed by atoms with E-state index in [-0.39, 0.29) is 35.2 Å². The molecule has 0 radical (unpaired) electrons. The third kappa shape index (κ3) is 6.25. The normalized spacial score (nSPS) is 14.5. The number of benzene rings is 3. The van der Waals surface area contributed by atoms with Crippen molar-refractivity contribution < 1.29 is 19.1 Å². The molecule has 0 bridgehead atoms. The molecule has 4 rings (SSSR count). The number of hydrogen-bond donors (Lipinski definition) is 1. The second kappa shape index (κ2) is 11.0. The van der Waals surface area contributed by atoms with Gasteiger partial charge in [0.15, 0.2) is 6.61 Å². The second-order valence-corrected chi connectivity index (χ2v) is 9.57. The van der Waals surface area contributed by atoms with Crippen molar-refractivity contribution in [3.63, 3.8) is 0 Å². The van der Waals surface area contributed by atoms with Crippen LogP contribution in [-0.4, -0.2) is 28.6 Å². The van der Waals surface area contributed by atoms with Crippen LogP contribution in [0.15, 0.2) is 71.6 Å². The summed E-state index contributed by atoms with van der Waals surface area (Å²) in [5.41, 5.74) is 3.10. The lowest BCUT2D eigenvalue weighted by molar-refractivity contribution is -0.123. The summed E-state index contributed by atoms with van der Waals surface area (Å²) in [6, 6.07) is 19.5. The minimum atomic E-state index is -0.388. The monoisotopic (exact) mass is 526 g/mol. The topological polar surface area (TPSA) is 75.7 Å². The number of anilines is 1. The first kappa shape index (κ1) is 24.9. The fraction of sp³-hybridized carbons (Fsp3) is 0.115. The van der Waals surface area contributed by atoms with Gasteiger partial charge in [-0.15, -0.1) is 0 Å². The van der Waals surface area contributed by atoms with Crippen LogP contribution in [0.4, 0.5) is 10.5 Å². The molecule has 35 heavy (non-hydrogen) atoms. The molecule has 1 aliphatic heterocycles. The summed E-state index contributed by atoms with van der Waals surface area (Å²) in [6.07, 6.45) is 1.61. The zero-order chi connectivity index (χ0) is 24.9. The van der Waals surface area contributed by atoms with Crippen LogP contribution in [0.5, 0.6) is 5.75 Å². The molecule has 6 nitrogen and oxygen atoms in total. The van der Waals surface area contributed by atoms with Crippen molar-refractivity contribution >= 4 is 63.8 Å². The molecule has 1 N–H and O–H groups in total. The first-order valence-corrected chi connectivity index (χ1v) is 12.1. The number of imide groups is 1. The quantitative estimate of drug-likeness (QED) is 0.353. The van der Waals surface area contributed by atoms with Crippen LogP contribution in [0, 0.1) is 6.92 Å². The summed E-state index contributed by atoms with van der Waals surface area (Å²) < 4.78 is 5.52. The van der Waals surface area contributed by atoms with Crippen molar-refractivity contribution in [1.29, 1.82) is 0 Å². The van der Waals surface area contributed by atoms with Gasteiger partial charge in [0.25, 0.3) is 17.1 Å². The van der Waals surface area contributed by atoms with E-state index in [1.807, 2.05) is 31.2 Å². The minimum absolute atomic E-state index is 0.214. The highest BCUT2D eigenvalue weighted by Gasteiger charge is 2.35. The Morgan fingerprint density at radius 1 is 1.03 bits per heavy atom. The largest absolute Gasteiger partial charge is 0.482 e. The molecule has 0 saturated carbocycles. The molecule has 1 heterocycles. The van der Waals surface area contributed by atoms with Gasteiger partial charge in [0, 0.05) is 0 Å². The van der Waals surface area contributed by atoms with Crippen LogP contribution >= 0.6 is 35.0 Å². The lowest BCUT2D eigenvalue weighted by Crippen LogP contribution is -2.27. The Balaban J connectivity index is 1.39. The van der Waals surface area contributed by atoms with Gasteiger partial charge in [-0.2, -0.15) is 0 Å². The summed E-state index contributed by atoms with van der Waals surface area (Å²) in [5.74, 6) is -0.431. The van der Waals surface area contributed by atoms with Crippen molar-refractivity contribution in [3.8, 4) is 5.75 Å². The van der Waals surface area contributed by atoms with E-state index >= 15 is 0 Å². The molecule has 3 aromatic carbocycles. The molecule has 0 atom stereocenters. The summed E-state index contributed by atoms with van der Waals surface area (Å²) >= 11 is 13.2. The number of carbonyl (C=O) groups excluding carboxylic acids is 3. The standard InChI is InChI=1S/C26H20Cl2N2O4S/c1-16-6-8-17(9-7-16)14-30-25(32)23(35-26(30)33)13-18-10-11-22(20(28)12-18)34-15-24(31)29-21-5-3-2-4-19(21)27/h2-13H,14-15H2,1H3,(H,29,31)/b23-13-. The molecule has 0 aromatic heterocycles. The fourth-order valence-electron chi connectivity index (χ4n) is 3.28. The van der Waals surface area contributed by atoms with Gasteiger partial charge in [-0.05, 0) is 60.2 Å². The highest BCUT2D eigenvalue weighted by Crippen LogP contribution is 2.34. The first-order valence-electron chi connectivity index (χ1n) is 10.6. The number of aryl methyl sites for hydroxylation is 1. The lowest BCUT2D eigenvalue weighted by Gasteiger charge is -2.12. The Kier molecular flexibility index (Phi) is 7.80. The number of halogens is 2. The Morgan fingerprint density at radius 3 is 2.49 bits per heavy atom. The zero-order valence-corrected chi connectivity index (χ0v) is 20.9. The van der Waals surface area contributed by atoms with Crippen molar-refractivity contribution in [2.24, 2.45) is 0 Å². The van der Waals surface area contributed by atoms with Gasteiger partial charge < -0.3 is 10.1 Å². The van der Waals surface area contributed by atoms with Gasteiger partial charge in [-0.25, -0.2) is 0 Å². The molecule has 1 fully saturated rings. The van der Waals surface area contributed by atoms with Crippen LogP contribution in [-0.2, 0) is 16.1 Å². The van der Waals surface area contributed by atoms with Crippen molar-refractivity contribution in [3.05, 3.63) is 98.4 Å².